The summed E-state index contributed by atoms with van der Waals surface area (Å²) in [5.74, 6) is 0. The Balaban J connectivity index is 4.49. The second-order valence-electron chi connectivity index (χ2n) is 7.68. The lowest BCUT2D eigenvalue weighted by Crippen LogP contribution is -2.47. The van der Waals surface area contributed by atoms with E-state index in [-0.39, 0.29) is 15.8 Å². The van der Waals surface area contributed by atoms with Gasteiger partial charge in [0.1, 0.15) is 0 Å². The fourth-order valence-corrected chi connectivity index (χ4v) is 3.03. The van der Waals surface area contributed by atoms with E-state index in [2.05, 4.69) is 45.5 Å². The Bertz CT molecular complexity index is 306. The summed E-state index contributed by atoms with van der Waals surface area (Å²) in [6.45, 7) is 19.9. The van der Waals surface area contributed by atoms with Crippen molar-refractivity contribution in [1.29, 1.82) is 0 Å². The van der Waals surface area contributed by atoms with Gasteiger partial charge in [0.2, 0.25) is 0 Å². The van der Waals surface area contributed by atoms with Crippen LogP contribution in [-0.2, 0) is 15.4 Å². The number of rotatable bonds is 6. The maximum Gasteiger partial charge on any atom is 0.192 e. The molecule has 0 saturated carbocycles. The molecule has 0 aliphatic carbocycles. The molecule has 19 heavy (non-hydrogen) atoms. The largest absolute Gasteiger partial charge is 0.415 e. The molecule has 2 atom stereocenters. The van der Waals surface area contributed by atoms with Crippen molar-refractivity contribution >= 4 is 19.3 Å². The van der Waals surface area contributed by atoms with E-state index < -0.39 is 19.3 Å². The molecule has 0 aliphatic rings. The summed E-state index contributed by atoms with van der Waals surface area (Å²) >= 11 is 0. The molecule has 0 aromatic heterocycles. The normalized spacial score (nSPS) is 17.3. The van der Waals surface area contributed by atoms with Crippen LogP contribution < -0.4 is 4.72 Å². The second-order valence-corrected chi connectivity index (χ2v) is 14.5. The first-order chi connectivity index (χ1) is 8.31. The Morgan fingerprint density at radius 3 is 1.95 bits per heavy atom. The third-order valence-corrected chi connectivity index (χ3v) is 9.93. The van der Waals surface area contributed by atoms with Gasteiger partial charge in [0, 0.05) is 6.04 Å². The molecule has 0 bridgehead atoms. The summed E-state index contributed by atoms with van der Waals surface area (Å²) in [7, 11) is -2.75. The second kappa shape index (κ2) is 6.83. The van der Waals surface area contributed by atoms with Crippen molar-refractivity contribution in [2.45, 2.75) is 83.8 Å². The highest BCUT2D eigenvalue weighted by Crippen LogP contribution is 2.36. The highest BCUT2D eigenvalue weighted by Gasteiger charge is 2.37. The van der Waals surface area contributed by atoms with Crippen LogP contribution in [0, 0.1) is 0 Å². The molecule has 0 heterocycles. The quantitative estimate of drug-likeness (QED) is 0.757. The van der Waals surface area contributed by atoms with Crippen molar-refractivity contribution in [3.63, 3.8) is 0 Å². The van der Waals surface area contributed by atoms with Crippen molar-refractivity contribution in [2.75, 3.05) is 6.61 Å². The van der Waals surface area contributed by atoms with E-state index in [0.717, 1.165) is 6.42 Å². The van der Waals surface area contributed by atoms with Gasteiger partial charge in [-0.2, -0.15) is 0 Å². The Morgan fingerprint density at radius 1 is 1.16 bits per heavy atom. The lowest BCUT2D eigenvalue weighted by molar-refractivity contribution is 0.253. The maximum atomic E-state index is 12.1. The van der Waals surface area contributed by atoms with Gasteiger partial charge < -0.3 is 4.43 Å². The number of hydrogen-bond acceptors (Lipinski definition) is 2. The minimum Gasteiger partial charge on any atom is -0.415 e. The van der Waals surface area contributed by atoms with Crippen LogP contribution in [0.3, 0.4) is 0 Å². The molecule has 0 aromatic rings. The summed E-state index contributed by atoms with van der Waals surface area (Å²) in [4.78, 5) is 0. The first kappa shape index (κ1) is 19.3. The molecular formula is C14H33NO2SSi. The average molecular weight is 308 g/mol. The van der Waals surface area contributed by atoms with Gasteiger partial charge in [0.15, 0.2) is 8.32 Å². The van der Waals surface area contributed by atoms with Gasteiger partial charge in [0.05, 0.1) is 22.3 Å². The van der Waals surface area contributed by atoms with Crippen molar-refractivity contribution in [2.24, 2.45) is 0 Å². The van der Waals surface area contributed by atoms with Crippen LogP contribution in [0.5, 0.6) is 0 Å². The van der Waals surface area contributed by atoms with E-state index in [1.54, 1.807) is 0 Å². The molecular weight excluding hydrogens is 274 g/mol. The topological polar surface area (TPSA) is 38.3 Å². The first-order valence-electron chi connectivity index (χ1n) is 7.13. The van der Waals surface area contributed by atoms with Crippen molar-refractivity contribution in [3.8, 4) is 0 Å². The van der Waals surface area contributed by atoms with Crippen LogP contribution in [0.4, 0.5) is 0 Å². The van der Waals surface area contributed by atoms with Gasteiger partial charge in [-0.3, -0.25) is 0 Å². The number of nitrogens with one attached hydrogen (secondary N) is 1. The van der Waals surface area contributed by atoms with E-state index in [1.165, 1.54) is 0 Å². The van der Waals surface area contributed by atoms with E-state index in [4.69, 9.17) is 4.43 Å². The van der Waals surface area contributed by atoms with Crippen LogP contribution >= 0.6 is 0 Å². The van der Waals surface area contributed by atoms with Crippen LogP contribution in [0.1, 0.15) is 54.9 Å². The summed E-state index contributed by atoms with van der Waals surface area (Å²) in [6.07, 6.45) is 0.927. The summed E-state index contributed by atoms with van der Waals surface area (Å²) in [5, 5.41) is 0.217. The molecule has 0 aromatic carbocycles. The lowest BCUT2D eigenvalue weighted by Gasteiger charge is -2.37. The molecule has 1 N–H and O–H groups in total. The predicted octanol–water partition coefficient (Wildman–Crippen LogP) is 3.84. The first-order valence-corrected chi connectivity index (χ1v) is 11.2. The van der Waals surface area contributed by atoms with E-state index in [0.29, 0.717) is 6.61 Å². The fourth-order valence-electron chi connectivity index (χ4n) is 1.09. The number of hydrogen-bond donors (Lipinski definition) is 1. The highest BCUT2D eigenvalue weighted by atomic mass is 32.2. The van der Waals surface area contributed by atoms with Gasteiger partial charge in [-0.1, -0.05) is 27.7 Å². The average Bonchev–Trinajstić information content (AvgIpc) is 2.20. The van der Waals surface area contributed by atoms with Gasteiger partial charge in [0.25, 0.3) is 0 Å². The zero-order valence-electron chi connectivity index (χ0n) is 14.2. The summed E-state index contributed by atoms with van der Waals surface area (Å²) in [6, 6.07) is 0.161. The molecule has 0 amide bonds. The molecule has 0 rings (SSSR count). The van der Waals surface area contributed by atoms with Gasteiger partial charge in [-0.25, -0.2) is 8.93 Å². The maximum absolute atomic E-state index is 12.1. The fraction of sp³-hybridized carbons (Fsp3) is 1.00. The van der Waals surface area contributed by atoms with Crippen molar-refractivity contribution in [3.05, 3.63) is 0 Å². The van der Waals surface area contributed by atoms with Crippen molar-refractivity contribution in [1.82, 2.24) is 4.72 Å². The minimum atomic E-state index is -1.72. The molecule has 0 fully saturated rings. The Hall–Kier alpha value is 0.287. The SMILES string of the molecule is CC[C@H](CO[Si](C)(C)C(C)(C)C)N[S@](=O)C(C)(C)C. The zero-order valence-corrected chi connectivity index (χ0v) is 16.0. The molecule has 0 radical (unpaired) electrons. The summed E-state index contributed by atoms with van der Waals surface area (Å²) in [5.41, 5.74) is 0. The van der Waals surface area contributed by atoms with Crippen molar-refractivity contribution < 1.29 is 8.63 Å². The molecule has 116 valence electrons. The molecule has 5 heteroatoms. The zero-order chi connectivity index (χ0) is 15.5. The Labute approximate surface area is 123 Å². The smallest absolute Gasteiger partial charge is 0.192 e. The highest BCUT2D eigenvalue weighted by molar-refractivity contribution is 7.84. The van der Waals surface area contributed by atoms with Gasteiger partial charge in [-0.05, 0) is 45.3 Å². The summed E-state index contributed by atoms with van der Waals surface area (Å²) < 4.78 is 21.3. The minimum absolute atomic E-state index is 0.161. The van der Waals surface area contributed by atoms with E-state index >= 15 is 0 Å². The van der Waals surface area contributed by atoms with Crippen LogP contribution in [-0.4, -0.2) is 29.9 Å². The van der Waals surface area contributed by atoms with Gasteiger partial charge >= 0.3 is 0 Å². The Morgan fingerprint density at radius 2 is 1.63 bits per heavy atom. The molecule has 0 saturated heterocycles. The van der Waals surface area contributed by atoms with Gasteiger partial charge in [-0.15, -0.1) is 0 Å². The molecule has 3 nitrogen and oxygen atoms in total. The predicted molar refractivity (Wildman–Crippen MR) is 88.3 cm³/mol. The Kier molecular flexibility index (Phi) is 6.93. The van der Waals surface area contributed by atoms with Crippen LogP contribution in [0.15, 0.2) is 0 Å². The van der Waals surface area contributed by atoms with Crippen LogP contribution in [0.25, 0.3) is 0 Å². The molecule has 0 unspecified atom stereocenters. The lowest BCUT2D eigenvalue weighted by atomic mass is 10.2. The third-order valence-electron chi connectivity index (χ3n) is 3.77. The standard InChI is InChI=1S/C14H33NO2SSi/c1-10-12(15-18(16)13(2,3)4)11-17-19(8,9)14(5,6)7/h12,15H,10-11H2,1-9H3/t12-,18-/m1/s1. The van der Waals surface area contributed by atoms with E-state index in [1.807, 2.05) is 20.8 Å². The van der Waals surface area contributed by atoms with Crippen LogP contribution in [0.2, 0.25) is 18.1 Å². The van der Waals surface area contributed by atoms with E-state index in [9.17, 15) is 4.21 Å². The third kappa shape index (κ3) is 6.51. The molecule has 0 spiro atoms. The monoisotopic (exact) mass is 307 g/mol. The molecule has 0 aliphatic heterocycles.